The highest BCUT2D eigenvalue weighted by atomic mass is 16.5. The predicted octanol–water partition coefficient (Wildman–Crippen LogP) is 0.163. The monoisotopic (exact) mass is 245 g/mol. The van der Waals surface area contributed by atoms with E-state index >= 15 is 0 Å². The second kappa shape index (κ2) is 8.03. The van der Waals surface area contributed by atoms with Crippen LogP contribution in [0.2, 0.25) is 0 Å². The molecule has 0 aromatic heterocycles. The first-order valence-corrected chi connectivity index (χ1v) is 5.86. The van der Waals surface area contributed by atoms with Gasteiger partial charge in [-0.25, -0.2) is 4.79 Å². The molecule has 1 aliphatic rings. The van der Waals surface area contributed by atoms with Crippen molar-refractivity contribution in [2.45, 2.75) is 31.8 Å². The normalized spacial score (nSPS) is 19.9. The Balaban J connectivity index is 1.98. The molecule has 1 fully saturated rings. The number of hydrogen-bond donors (Lipinski definition) is 2. The SMILES string of the molecule is O=C(O)COCCNC(=O)CC1CCCCO1. The van der Waals surface area contributed by atoms with Crippen LogP contribution in [0, 0.1) is 0 Å². The molecular formula is C11H19NO5. The maximum atomic E-state index is 11.4. The smallest absolute Gasteiger partial charge is 0.329 e. The zero-order valence-corrected chi connectivity index (χ0v) is 9.81. The van der Waals surface area contributed by atoms with Gasteiger partial charge in [-0.2, -0.15) is 0 Å². The van der Waals surface area contributed by atoms with Crippen molar-refractivity contribution < 1.29 is 24.2 Å². The van der Waals surface area contributed by atoms with Crippen molar-refractivity contribution in [3.8, 4) is 0 Å². The van der Waals surface area contributed by atoms with Gasteiger partial charge in [-0.3, -0.25) is 4.79 Å². The predicted molar refractivity (Wildman–Crippen MR) is 59.7 cm³/mol. The Bertz CT molecular complexity index is 250. The summed E-state index contributed by atoms with van der Waals surface area (Å²) >= 11 is 0. The van der Waals surface area contributed by atoms with E-state index in [0.717, 1.165) is 25.9 Å². The molecule has 98 valence electrons. The van der Waals surface area contributed by atoms with Crippen LogP contribution in [0.25, 0.3) is 0 Å². The standard InChI is InChI=1S/C11H19NO5/c13-10(7-9-3-1-2-5-17-9)12-4-6-16-8-11(14)15/h9H,1-8H2,(H,12,13)(H,14,15). The van der Waals surface area contributed by atoms with Gasteiger partial charge in [0.1, 0.15) is 6.61 Å². The Hall–Kier alpha value is -1.14. The Morgan fingerprint density at radius 2 is 2.24 bits per heavy atom. The van der Waals surface area contributed by atoms with E-state index < -0.39 is 5.97 Å². The van der Waals surface area contributed by atoms with Gasteiger partial charge in [0.05, 0.1) is 19.1 Å². The van der Waals surface area contributed by atoms with Gasteiger partial charge < -0.3 is 19.9 Å². The Morgan fingerprint density at radius 1 is 1.41 bits per heavy atom. The van der Waals surface area contributed by atoms with Crippen molar-refractivity contribution in [2.75, 3.05) is 26.4 Å². The molecule has 0 radical (unpaired) electrons. The second-order valence-corrected chi connectivity index (χ2v) is 3.99. The van der Waals surface area contributed by atoms with E-state index in [1.54, 1.807) is 0 Å². The molecule has 1 heterocycles. The molecule has 0 aromatic carbocycles. The van der Waals surface area contributed by atoms with Gasteiger partial charge >= 0.3 is 5.97 Å². The summed E-state index contributed by atoms with van der Waals surface area (Å²) in [6.45, 7) is 0.948. The minimum atomic E-state index is -1.01. The van der Waals surface area contributed by atoms with Gasteiger partial charge in [0.15, 0.2) is 0 Å². The van der Waals surface area contributed by atoms with E-state index in [1.807, 2.05) is 0 Å². The van der Waals surface area contributed by atoms with Crippen LogP contribution in [0.15, 0.2) is 0 Å². The van der Waals surface area contributed by atoms with Crippen LogP contribution in [0.1, 0.15) is 25.7 Å². The summed E-state index contributed by atoms with van der Waals surface area (Å²) in [7, 11) is 0. The number of rotatable bonds is 7. The molecule has 1 aliphatic heterocycles. The van der Waals surface area contributed by atoms with Crippen molar-refractivity contribution in [3.63, 3.8) is 0 Å². The number of carboxylic acid groups (broad SMARTS) is 1. The minimum Gasteiger partial charge on any atom is -0.480 e. The summed E-state index contributed by atoms with van der Waals surface area (Å²) in [6, 6.07) is 0. The Labute approximate surface area is 100 Å². The molecule has 0 aliphatic carbocycles. The average Bonchev–Trinajstić information content (AvgIpc) is 2.29. The molecule has 0 spiro atoms. The highest BCUT2D eigenvalue weighted by Crippen LogP contribution is 2.15. The number of aliphatic carboxylic acids is 1. The zero-order valence-electron chi connectivity index (χ0n) is 9.81. The number of amides is 1. The fourth-order valence-corrected chi connectivity index (χ4v) is 1.67. The fourth-order valence-electron chi connectivity index (χ4n) is 1.67. The minimum absolute atomic E-state index is 0.0312. The number of carboxylic acids is 1. The van der Waals surface area contributed by atoms with Crippen molar-refractivity contribution in [1.29, 1.82) is 0 Å². The summed E-state index contributed by atoms with van der Waals surface area (Å²) in [5, 5.41) is 11.0. The summed E-state index contributed by atoms with van der Waals surface area (Å²) in [4.78, 5) is 21.6. The summed E-state index contributed by atoms with van der Waals surface area (Å²) in [6.07, 6.45) is 3.52. The zero-order chi connectivity index (χ0) is 12.5. The third kappa shape index (κ3) is 6.91. The van der Waals surface area contributed by atoms with Gasteiger partial charge in [-0.1, -0.05) is 0 Å². The van der Waals surface area contributed by atoms with Crippen molar-refractivity contribution in [3.05, 3.63) is 0 Å². The molecule has 0 saturated carbocycles. The van der Waals surface area contributed by atoms with E-state index in [1.165, 1.54) is 0 Å². The maximum Gasteiger partial charge on any atom is 0.329 e. The topological polar surface area (TPSA) is 84.9 Å². The Morgan fingerprint density at radius 3 is 2.88 bits per heavy atom. The Kier molecular flexibility index (Phi) is 6.57. The number of nitrogens with one attached hydrogen (secondary N) is 1. The number of carbonyl (C=O) groups is 2. The molecule has 1 amide bonds. The molecule has 6 heteroatoms. The van der Waals surface area contributed by atoms with Crippen LogP contribution in [0.3, 0.4) is 0 Å². The molecule has 1 rings (SSSR count). The third-order valence-corrected chi connectivity index (χ3v) is 2.48. The summed E-state index contributed by atoms with van der Waals surface area (Å²) in [5.74, 6) is -1.08. The van der Waals surface area contributed by atoms with Crippen LogP contribution >= 0.6 is 0 Å². The van der Waals surface area contributed by atoms with Crippen molar-refractivity contribution >= 4 is 11.9 Å². The molecule has 0 aromatic rings. The molecule has 1 atom stereocenters. The lowest BCUT2D eigenvalue weighted by atomic mass is 10.1. The van der Waals surface area contributed by atoms with Gasteiger partial charge in [0.2, 0.25) is 5.91 Å². The molecule has 1 unspecified atom stereocenters. The second-order valence-electron chi connectivity index (χ2n) is 3.99. The molecule has 6 nitrogen and oxygen atoms in total. The molecule has 0 bridgehead atoms. The van der Waals surface area contributed by atoms with Crippen LogP contribution in [-0.4, -0.2) is 49.5 Å². The number of carbonyl (C=O) groups excluding carboxylic acids is 1. The first-order chi connectivity index (χ1) is 8.18. The molecule has 2 N–H and O–H groups in total. The number of hydrogen-bond acceptors (Lipinski definition) is 4. The van der Waals surface area contributed by atoms with E-state index in [2.05, 4.69) is 5.32 Å². The van der Waals surface area contributed by atoms with Crippen molar-refractivity contribution in [1.82, 2.24) is 5.32 Å². The summed E-state index contributed by atoms with van der Waals surface area (Å²) in [5.41, 5.74) is 0. The van der Waals surface area contributed by atoms with Crippen LogP contribution in [-0.2, 0) is 19.1 Å². The largest absolute Gasteiger partial charge is 0.480 e. The molecule has 17 heavy (non-hydrogen) atoms. The quantitative estimate of drug-likeness (QED) is 0.624. The first kappa shape index (κ1) is 13.9. The average molecular weight is 245 g/mol. The maximum absolute atomic E-state index is 11.4. The lowest BCUT2D eigenvalue weighted by Crippen LogP contribution is -2.32. The van der Waals surface area contributed by atoms with E-state index in [0.29, 0.717) is 13.0 Å². The van der Waals surface area contributed by atoms with Crippen LogP contribution in [0.5, 0.6) is 0 Å². The summed E-state index contributed by atoms with van der Waals surface area (Å²) < 4.78 is 10.2. The highest BCUT2D eigenvalue weighted by Gasteiger charge is 2.17. The van der Waals surface area contributed by atoms with Gasteiger partial charge in [-0.15, -0.1) is 0 Å². The fraction of sp³-hybridized carbons (Fsp3) is 0.818. The lowest BCUT2D eigenvalue weighted by Gasteiger charge is -2.21. The van der Waals surface area contributed by atoms with E-state index in [9.17, 15) is 9.59 Å². The van der Waals surface area contributed by atoms with Crippen LogP contribution < -0.4 is 5.32 Å². The number of ether oxygens (including phenoxy) is 2. The third-order valence-electron chi connectivity index (χ3n) is 2.48. The first-order valence-electron chi connectivity index (χ1n) is 5.86. The van der Waals surface area contributed by atoms with E-state index in [4.69, 9.17) is 14.6 Å². The van der Waals surface area contributed by atoms with Gasteiger partial charge in [0.25, 0.3) is 0 Å². The lowest BCUT2D eigenvalue weighted by molar-refractivity contribution is -0.142. The van der Waals surface area contributed by atoms with Gasteiger partial charge in [0, 0.05) is 13.2 Å². The van der Waals surface area contributed by atoms with Gasteiger partial charge in [-0.05, 0) is 19.3 Å². The van der Waals surface area contributed by atoms with Crippen molar-refractivity contribution in [2.24, 2.45) is 0 Å². The molecular weight excluding hydrogens is 226 g/mol. The van der Waals surface area contributed by atoms with E-state index in [-0.39, 0.29) is 25.2 Å². The molecule has 1 saturated heterocycles. The van der Waals surface area contributed by atoms with Crippen LogP contribution in [0.4, 0.5) is 0 Å². The highest BCUT2D eigenvalue weighted by molar-refractivity contribution is 5.76.